The van der Waals surface area contributed by atoms with Crippen LogP contribution in [0, 0.1) is 6.92 Å². The van der Waals surface area contributed by atoms with Gasteiger partial charge in [0.05, 0.1) is 19.2 Å². The van der Waals surface area contributed by atoms with Crippen LogP contribution >= 0.6 is 35.2 Å². The highest BCUT2D eigenvalue weighted by atomic mass is 35.5. The lowest BCUT2D eigenvalue weighted by atomic mass is 10.1. The van der Waals surface area contributed by atoms with E-state index < -0.39 is 0 Å². The highest BCUT2D eigenvalue weighted by Crippen LogP contribution is 2.34. The molecular weight excluding hydrogens is 430 g/mol. The molecule has 3 rings (SSSR count). The normalized spacial score (nSPS) is 10.6. The van der Waals surface area contributed by atoms with Crippen LogP contribution in [0.1, 0.15) is 33.3 Å². The van der Waals surface area contributed by atoms with E-state index in [4.69, 9.17) is 28.6 Å². The van der Waals surface area contributed by atoms with Crippen LogP contribution in [0.2, 0.25) is 5.02 Å². The van der Waals surface area contributed by atoms with Crippen molar-refractivity contribution >= 4 is 57.2 Å². The van der Waals surface area contributed by atoms with Crippen molar-refractivity contribution in [1.29, 1.82) is 0 Å². The number of aromatic nitrogens is 3. The van der Waals surface area contributed by atoms with Crippen LogP contribution in [0.5, 0.6) is 0 Å². The molecule has 0 aliphatic rings. The Bertz CT molecular complexity index is 1030. The predicted molar refractivity (Wildman–Crippen MR) is 120 cm³/mol. The molecule has 0 fully saturated rings. The molecule has 0 unspecified atom stereocenters. The summed E-state index contributed by atoms with van der Waals surface area (Å²) in [5.74, 6) is -0.0260. The van der Waals surface area contributed by atoms with Crippen LogP contribution < -0.4 is 10.6 Å². The number of carbonyl (C=O) groups is 1. The molecule has 2 heterocycles. The number of thiophene rings is 1. The summed E-state index contributed by atoms with van der Waals surface area (Å²) < 4.78 is 6.62. The quantitative estimate of drug-likeness (QED) is 0.423. The summed E-state index contributed by atoms with van der Waals surface area (Å²) in [6.07, 6.45) is 2.34. The molecule has 0 aliphatic carbocycles. The number of thiocarbonyl (C=S) groups is 1. The van der Waals surface area contributed by atoms with Crippen LogP contribution in [-0.4, -0.2) is 33.0 Å². The van der Waals surface area contributed by atoms with Gasteiger partial charge in [0.15, 0.2) is 5.11 Å². The number of ether oxygens (including phenoxy) is 1. The van der Waals surface area contributed by atoms with Crippen LogP contribution in [0.3, 0.4) is 0 Å². The second-order valence-corrected chi connectivity index (χ2v) is 8.23. The molecule has 152 valence electrons. The topological polar surface area (TPSA) is 81.1 Å². The number of benzene rings is 1. The maximum absolute atomic E-state index is 12.2. The second kappa shape index (κ2) is 9.34. The van der Waals surface area contributed by atoms with E-state index in [1.165, 1.54) is 18.4 Å². The summed E-state index contributed by atoms with van der Waals surface area (Å²) >= 11 is 12.7. The van der Waals surface area contributed by atoms with Crippen molar-refractivity contribution in [3.63, 3.8) is 0 Å². The molecule has 0 spiro atoms. The molecule has 2 N–H and O–H groups in total. The van der Waals surface area contributed by atoms with E-state index in [2.05, 4.69) is 20.7 Å². The molecule has 0 aliphatic heterocycles. The zero-order valence-corrected chi connectivity index (χ0v) is 18.5. The van der Waals surface area contributed by atoms with E-state index in [0.717, 1.165) is 22.4 Å². The minimum atomic E-state index is -0.387. The fraction of sp³-hybridized carbons (Fsp3) is 0.263. The average Bonchev–Trinajstić information content (AvgIpc) is 3.25. The van der Waals surface area contributed by atoms with Gasteiger partial charge in [-0.2, -0.15) is 0 Å². The number of nitrogens with one attached hydrogen (secondary N) is 2. The van der Waals surface area contributed by atoms with Crippen molar-refractivity contribution < 1.29 is 9.53 Å². The number of esters is 1. The summed E-state index contributed by atoms with van der Waals surface area (Å²) in [7, 11) is 1.37. The molecule has 0 amide bonds. The van der Waals surface area contributed by atoms with Crippen molar-refractivity contribution in [1.82, 2.24) is 14.8 Å². The van der Waals surface area contributed by atoms with Crippen molar-refractivity contribution in [3.05, 3.63) is 57.2 Å². The van der Waals surface area contributed by atoms with Crippen molar-refractivity contribution in [3.8, 4) is 0 Å². The molecule has 7 nitrogen and oxygen atoms in total. The van der Waals surface area contributed by atoms with Crippen LogP contribution in [-0.2, 0) is 17.7 Å². The lowest BCUT2D eigenvalue weighted by molar-refractivity contribution is 0.0601. The Hall–Kier alpha value is -2.49. The second-order valence-electron chi connectivity index (χ2n) is 6.16. The maximum atomic E-state index is 12.2. The van der Waals surface area contributed by atoms with E-state index in [0.29, 0.717) is 33.2 Å². The lowest BCUT2D eigenvalue weighted by Crippen LogP contribution is -2.21. The number of halogens is 1. The first-order valence-corrected chi connectivity index (χ1v) is 10.4. The number of aryl methyl sites for hydroxylation is 1. The first-order chi connectivity index (χ1) is 13.9. The minimum Gasteiger partial charge on any atom is -0.465 e. The number of hydrogen-bond acceptors (Lipinski definition) is 6. The van der Waals surface area contributed by atoms with Gasteiger partial charge in [0.1, 0.15) is 11.3 Å². The number of carbonyl (C=O) groups excluding carboxylic acids is 1. The van der Waals surface area contributed by atoms with Crippen molar-refractivity contribution in [2.45, 2.75) is 26.8 Å². The van der Waals surface area contributed by atoms with E-state index in [-0.39, 0.29) is 5.97 Å². The molecule has 10 heteroatoms. The summed E-state index contributed by atoms with van der Waals surface area (Å²) in [5.41, 5.74) is 2.52. The van der Waals surface area contributed by atoms with Crippen LogP contribution in [0.4, 0.5) is 10.9 Å². The summed E-state index contributed by atoms with van der Waals surface area (Å²) in [4.78, 5) is 17.5. The fourth-order valence-electron chi connectivity index (χ4n) is 2.85. The molecule has 0 bridgehead atoms. The smallest absolute Gasteiger partial charge is 0.341 e. The third-order valence-corrected chi connectivity index (χ3v) is 5.72. The number of anilines is 2. The number of rotatable bonds is 6. The Morgan fingerprint density at radius 3 is 2.69 bits per heavy atom. The van der Waals surface area contributed by atoms with Gasteiger partial charge in [0, 0.05) is 9.90 Å². The molecule has 0 saturated heterocycles. The standard InChI is InChI=1S/C19H20ClN5O2S2/c1-4-14-11(2)29-16(15(14)17(26)27-3)22-19(28)23-18-21-10-25(24-18)9-12-5-7-13(20)8-6-12/h5-8,10H,4,9H2,1-3H3,(H2,22,23,24,28). The minimum absolute atomic E-state index is 0.295. The Balaban J connectivity index is 1.68. The highest BCUT2D eigenvalue weighted by molar-refractivity contribution is 7.80. The number of nitrogens with zero attached hydrogens (tertiary/aromatic N) is 3. The van der Waals surface area contributed by atoms with Gasteiger partial charge < -0.3 is 10.1 Å². The first kappa shape index (κ1) is 21.2. The predicted octanol–water partition coefficient (Wildman–Crippen LogP) is 4.51. The van der Waals surface area contributed by atoms with Gasteiger partial charge in [-0.15, -0.1) is 16.4 Å². The molecule has 0 atom stereocenters. The Labute approximate surface area is 183 Å². The van der Waals surface area contributed by atoms with E-state index >= 15 is 0 Å². The fourth-order valence-corrected chi connectivity index (χ4v) is 4.37. The zero-order valence-electron chi connectivity index (χ0n) is 16.2. The largest absolute Gasteiger partial charge is 0.465 e. The molecule has 2 aromatic heterocycles. The third-order valence-electron chi connectivity index (χ3n) is 4.20. The van der Waals surface area contributed by atoms with Crippen molar-refractivity contribution in [2.24, 2.45) is 0 Å². The Morgan fingerprint density at radius 1 is 1.31 bits per heavy atom. The summed E-state index contributed by atoms with van der Waals surface area (Å²) in [5, 5.41) is 12.0. The highest BCUT2D eigenvalue weighted by Gasteiger charge is 2.22. The molecule has 29 heavy (non-hydrogen) atoms. The molecular formula is C19H20ClN5O2S2. The Kier molecular flexibility index (Phi) is 6.83. The SMILES string of the molecule is CCc1c(C)sc(NC(=S)Nc2ncn(Cc3ccc(Cl)cc3)n2)c1C(=O)OC. The number of methoxy groups -OCH3 is 1. The first-order valence-electron chi connectivity index (χ1n) is 8.83. The Morgan fingerprint density at radius 2 is 2.03 bits per heavy atom. The van der Waals surface area contributed by atoms with Gasteiger partial charge >= 0.3 is 5.97 Å². The van der Waals surface area contributed by atoms with Gasteiger partial charge in [-0.3, -0.25) is 5.32 Å². The monoisotopic (exact) mass is 449 g/mol. The lowest BCUT2D eigenvalue weighted by Gasteiger charge is -2.09. The van der Waals surface area contributed by atoms with Crippen LogP contribution in [0.25, 0.3) is 0 Å². The van der Waals surface area contributed by atoms with Gasteiger partial charge in [0.2, 0.25) is 5.95 Å². The molecule has 0 radical (unpaired) electrons. The van der Waals surface area contributed by atoms with Gasteiger partial charge in [0.25, 0.3) is 0 Å². The maximum Gasteiger partial charge on any atom is 0.341 e. The zero-order chi connectivity index (χ0) is 21.0. The van der Waals surface area contributed by atoms with E-state index in [9.17, 15) is 4.79 Å². The molecule has 3 aromatic rings. The van der Waals surface area contributed by atoms with E-state index in [1.54, 1.807) is 11.0 Å². The summed E-state index contributed by atoms with van der Waals surface area (Å²) in [6, 6.07) is 7.53. The van der Waals surface area contributed by atoms with Crippen molar-refractivity contribution in [2.75, 3.05) is 17.7 Å². The molecule has 0 saturated carbocycles. The third kappa shape index (κ3) is 5.11. The van der Waals surface area contributed by atoms with Crippen LogP contribution in [0.15, 0.2) is 30.6 Å². The molecule has 1 aromatic carbocycles. The average molecular weight is 450 g/mol. The number of hydrogen-bond donors (Lipinski definition) is 2. The van der Waals surface area contributed by atoms with E-state index in [1.807, 2.05) is 38.1 Å². The van der Waals surface area contributed by atoms with Gasteiger partial charge in [-0.05, 0) is 48.8 Å². The van der Waals surface area contributed by atoms with Gasteiger partial charge in [-0.1, -0.05) is 30.7 Å². The van der Waals surface area contributed by atoms with Gasteiger partial charge in [-0.25, -0.2) is 14.5 Å². The summed E-state index contributed by atoms with van der Waals surface area (Å²) in [6.45, 7) is 4.53.